The number of nitrogens with zero attached hydrogens (tertiary/aromatic N) is 3. The van der Waals surface area contributed by atoms with Crippen LogP contribution in [0.15, 0.2) is 53.4 Å². The first kappa shape index (κ1) is 9.54. The number of halogens is 1. The van der Waals surface area contributed by atoms with E-state index >= 15 is 0 Å². The quantitative estimate of drug-likeness (QED) is 0.682. The summed E-state index contributed by atoms with van der Waals surface area (Å²) in [4.78, 5) is 8.48. The maximum atomic E-state index is 4.24. The normalized spacial score (nSPS) is 10.8. The summed E-state index contributed by atoms with van der Waals surface area (Å²) in [6, 6.07) is 9.95. The summed E-state index contributed by atoms with van der Waals surface area (Å²) in [5.74, 6) is 0.690. The van der Waals surface area contributed by atoms with Crippen LogP contribution in [0.5, 0.6) is 0 Å². The minimum absolute atomic E-state index is 0.690. The molecule has 0 radical (unpaired) electrons. The molecule has 78 valence electrons. The molecule has 3 rings (SSSR count). The Kier molecular flexibility index (Phi) is 2.22. The van der Waals surface area contributed by atoms with Crippen LogP contribution in [0.25, 0.3) is 16.9 Å². The van der Waals surface area contributed by atoms with Gasteiger partial charge in [0.25, 0.3) is 0 Å². The molecule has 0 amide bonds. The second kappa shape index (κ2) is 3.72. The van der Waals surface area contributed by atoms with Crippen molar-refractivity contribution in [3.8, 4) is 5.95 Å². The lowest BCUT2D eigenvalue weighted by Gasteiger charge is -2.02. The first-order valence-corrected chi connectivity index (χ1v) is 5.68. The van der Waals surface area contributed by atoms with Gasteiger partial charge in [-0.3, -0.25) is 4.57 Å². The zero-order valence-corrected chi connectivity index (χ0v) is 9.92. The molecule has 0 aliphatic heterocycles. The second-order valence-corrected chi connectivity index (χ2v) is 4.26. The van der Waals surface area contributed by atoms with Gasteiger partial charge in [-0.1, -0.05) is 22.0 Å². The SMILES string of the molecule is Brc1cccc2c1ccn2-c1ncccn1. The zero-order valence-electron chi connectivity index (χ0n) is 8.34. The van der Waals surface area contributed by atoms with Crippen LogP contribution in [0.1, 0.15) is 0 Å². The summed E-state index contributed by atoms with van der Waals surface area (Å²) >= 11 is 3.53. The maximum Gasteiger partial charge on any atom is 0.234 e. The molecule has 3 nitrogen and oxygen atoms in total. The smallest absolute Gasteiger partial charge is 0.234 e. The highest BCUT2D eigenvalue weighted by atomic mass is 79.9. The fraction of sp³-hybridized carbons (Fsp3) is 0. The Bertz CT molecular complexity index is 631. The van der Waals surface area contributed by atoms with E-state index in [0.29, 0.717) is 5.95 Å². The van der Waals surface area contributed by atoms with E-state index in [0.717, 1.165) is 15.4 Å². The Balaban J connectivity index is 2.30. The van der Waals surface area contributed by atoms with Crippen molar-refractivity contribution in [1.29, 1.82) is 0 Å². The predicted octanol–water partition coefficient (Wildman–Crippen LogP) is 3.18. The monoisotopic (exact) mass is 273 g/mol. The van der Waals surface area contributed by atoms with Gasteiger partial charge in [0.15, 0.2) is 0 Å². The van der Waals surface area contributed by atoms with Gasteiger partial charge in [0.1, 0.15) is 0 Å². The highest BCUT2D eigenvalue weighted by molar-refractivity contribution is 9.10. The molecule has 0 aliphatic carbocycles. The van der Waals surface area contributed by atoms with E-state index < -0.39 is 0 Å². The van der Waals surface area contributed by atoms with Gasteiger partial charge in [-0.2, -0.15) is 0 Å². The molecule has 0 atom stereocenters. The highest BCUT2D eigenvalue weighted by Crippen LogP contribution is 2.25. The molecule has 4 heteroatoms. The molecule has 0 N–H and O–H groups in total. The molecule has 3 aromatic rings. The summed E-state index contributed by atoms with van der Waals surface area (Å²) in [7, 11) is 0. The third kappa shape index (κ3) is 1.42. The third-order valence-corrected chi connectivity index (χ3v) is 3.14. The topological polar surface area (TPSA) is 30.7 Å². The van der Waals surface area contributed by atoms with Crippen LogP contribution in [0.4, 0.5) is 0 Å². The average molecular weight is 274 g/mol. The lowest BCUT2D eigenvalue weighted by atomic mass is 10.2. The Labute approximate surface area is 101 Å². The lowest BCUT2D eigenvalue weighted by Crippen LogP contribution is -1.97. The molecule has 0 bridgehead atoms. The van der Waals surface area contributed by atoms with E-state index in [1.807, 2.05) is 29.0 Å². The number of hydrogen-bond acceptors (Lipinski definition) is 2. The van der Waals surface area contributed by atoms with Crippen molar-refractivity contribution in [3.05, 3.63) is 53.4 Å². The van der Waals surface area contributed by atoms with Crippen LogP contribution in [0, 0.1) is 0 Å². The largest absolute Gasteiger partial charge is 0.285 e. The molecular weight excluding hydrogens is 266 g/mol. The van der Waals surface area contributed by atoms with Gasteiger partial charge in [0.2, 0.25) is 5.95 Å². The molecule has 2 aromatic heterocycles. The van der Waals surface area contributed by atoms with Gasteiger partial charge in [-0.15, -0.1) is 0 Å². The van der Waals surface area contributed by atoms with Crippen LogP contribution < -0.4 is 0 Å². The van der Waals surface area contributed by atoms with Gasteiger partial charge in [-0.05, 0) is 24.3 Å². The number of hydrogen-bond donors (Lipinski definition) is 0. The first-order valence-electron chi connectivity index (χ1n) is 4.89. The number of aromatic nitrogens is 3. The van der Waals surface area contributed by atoms with Gasteiger partial charge < -0.3 is 0 Å². The van der Waals surface area contributed by atoms with E-state index in [1.54, 1.807) is 12.4 Å². The Morgan fingerprint density at radius 1 is 1.00 bits per heavy atom. The lowest BCUT2D eigenvalue weighted by molar-refractivity contribution is 0.962. The molecular formula is C12H8BrN3. The number of benzene rings is 1. The Hall–Kier alpha value is -1.68. The van der Waals surface area contributed by atoms with Crippen LogP contribution in [-0.2, 0) is 0 Å². The Morgan fingerprint density at radius 3 is 2.62 bits per heavy atom. The molecule has 1 aromatic carbocycles. The molecule has 0 saturated heterocycles. The van der Waals surface area contributed by atoms with Gasteiger partial charge in [0.05, 0.1) is 5.52 Å². The average Bonchev–Trinajstić information content (AvgIpc) is 2.75. The van der Waals surface area contributed by atoms with Crippen molar-refractivity contribution in [2.45, 2.75) is 0 Å². The summed E-state index contributed by atoms with van der Waals surface area (Å²) in [5.41, 5.74) is 1.10. The van der Waals surface area contributed by atoms with Gasteiger partial charge in [0, 0.05) is 28.4 Å². The van der Waals surface area contributed by atoms with E-state index in [9.17, 15) is 0 Å². The molecule has 2 heterocycles. The molecule has 16 heavy (non-hydrogen) atoms. The summed E-state index contributed by atoms with van der Waals surface area (Å²) in [5, 5.41) is 1.16. The summed E-state index contributed by atoms with van der Waals surface area (Å²) < 4.78 is 3.06. The fourth-order valence-electron chi connectivity index (χ4n) is 1.72. The second-order valence-electron chi connectivity index (χ2n) is 3.41. The summed E-state index contributed by atoms with van der Waals surface area (Å²) in [6.07, 6.45) is 5.46. The number of fused-ring (bicyclic) bond motifs is 1. The van der Waals surface area contributed by atoms with Crippen LogP contribution >= 0.6 is 15.9 Å². The minimum atomic E-state index is 0.690. The fourth-order valence-corrected chi connectivity index (χ4v) is 2.21. The van der Waals surface area contributed by atoms with E-state index in [-0.39, 0.29) is 0 Å². The number of rotatable bonds is 1. The van der Waals surface area contributed by atoms with Crippen LogP contribution in [0.2, 0.25) is 0 Å². The van der Waals surface area contributed by atoms with Crippen molar-refractivity contribution in [1.82, 2.24) is 14.5 Å². The van der Waals surface area contributed by atoms with Crippen molar-refractivity contribution in [3.63, 3.8) is 0 Å². The van der Waals surface area contributed by atoms with Crippen LogP contribution in [-0.4, -0.2) is 14.5 Å². The zero-order chi connectivity index (χ0) is 11.0. The molecule has 0 saturated carbocycles. The van der Waals surface area contributed by atoms with Gasteiger partial charge >= 0.3 is 0 Å². The molecule has 0 fully saturated rings. The maximum absolute atomic E-state index is 4.24. The highest BCUT2D eigenvalue weighted by Gasteiger charge is 2.06. The van der Waals surface area contributed by atoms with E-state index in [1.165, 1.54) is 0 Å². The van der Waals surface area contributed by atoms with Crippen molar-refractivity contribution < 1.29 is 0 Å². The molecule has 0 spiro atoms. The van der Waals surface area contributed by atoms with E-state index in [4.69, 9.17) is 0 Å². The first-order chi connectivity index (χ1) is 7.86. The standard InChI is InChI=1S/C12H8BrN3/c13-10-3-1-4-11-9(10)5-8-16(11)12-14-6-2-7-15-12/h1-8H. The van der Waals surface area contributed by atoms with Crippen molar-refractivity contribution in [2.75, 3.05) is 0 Å². The van der Waals surface area contributed by atoms with Crippen molar-refractivity contribution >= 4 is 26.8 Å². The van der Waals surface area contributed by atoms with Crippen molar-refractivity contribution in [2.24, 2.45) is 0 Å². The molecule has 0 aliphatic rings. The third-order valence-electron chi connectivity index (χ3n) is 2.45. The van der Waals surface area contributed by atoms with E-state index in [2.05, 4.69) is 38.0 Å². The summed E-state index contributed by atoms with van der Waals surface area (Å²) in [6.45, 7) is 0. The molecule has 0 unspecified atom stereocenters. The Morgan fingerprint density at radius 2 is 1.81 bits per heavy atom. The minimum Gasteiger partial charge on any atom is -0.285 e. The predicted molar refractivity (Wildman–Crippen MR) is 66.6 cm³/mol. The van der Waals surface area contributed by atoms with Gasteiger partial charge in [-0.25, -0.2) is 9.97 Å². The van der Waals surface area contributed by atoms with Crippen LogP contribution in [0.3, 0.4) is 0 Å².